The summed E-state index contributed by atoms with van der Waals surface area (Å²) in [4.78, 5) is 3.56. The van der Waals surface area contributed by atoms with Crippen molar-refractivity contribution >= 4 is 10.0 Å². The van der Waals surface area contributed by atoms with Gasteiger partial charge in [-0.1, -0.05) is 0 Å². The van der Waals surface area contributed by atoms with Crippen LogP contribution in [0, 0.1) is 22.7 Å². The Labute approximate surface area is 93.2 Å². The second-order valence-corrected chi connectivity index (χ2v) is 4.68. The number of sulfonamides is 1. The van der Waals surface area contributed by atoms with Crippen LogP contribution in [-0.4, -0.2) is 19.4 Å². The lowest BCUT2D eigenvalue weighted by atomic mass is 10.4. The fourth-order valence-electron chi connectivity index (χ4n) is 0.933. The molecule has 0 amide bonds. The average molecular weight is 236 g/mol. The third kappa shape index (κ3) is 2.76. The van der Waals surface area contributed by atoms with Crippen molar-refractivity contribution in [3.8, 4) is 12.1 Å². The zero-order chi connectivity index (χ0) is 12.2. The van der Waals surface area contributed by atoms with Crippen LogP contribution in [0.15, 0.2) is 23.2 Å². The van der Waals surface area contributed by atoms with Gasteiger partial charge in [-0.2, -0.15) is 15.2 Å². The highest BCUT2D eigenvalue weighted by Crippen LogP contribution is 2.07. The van der Waals surface area contributed by atoms with Gasteiger partial charge in [0.05, 0.1) is 6.07 Å². The molecule has 1 N–H and O–H groups in total. The topological polar surface area (TPSA) is 107 Å². The molecule has 1 rings (SSSR count). The van der Waals surface area contributed by atoms with Crippen LogP contribution in [0.1, 0.15) is 12.6 Å². The number of hydrogen-bond acceptors (Lipinski definition) is 5. The van der Waals surface area contributed by atoms with Gasteiger partial charge in [0.15, 0.2) is 0 Å². The van der Waals surface area contributed by atoms with E-state index in [1.807, 2.05) is 0 Å². The first-order chi connectivity index (χ1) is 7.49. The van der Waals surface area contributed by atoms with Crippen LogP contribution in [0.4, 0.5) is 0 Å². The minimum Gasteiger partial charge on any atom is -0.244 e. The van der Waals surface area contributed by atoms with Crippen LogP contribution in [0.25, 0.3) is 0 Å². The summed E-state index contributed by atoms with van der Waals surface area (Å²) < 4.78 is 25.4. The zero-order valence-electron chi connectivity index (χ0n) is 8.38. The highest BCUT2D eigenvalue weighted by molar-refractivity contribution is 7.89. The van der Waals surface area contributed by atoms with E-state index in [0.717, 1.165) is 6.20 Å². The minimum absolute atomic E-state index is 0.0754. The van der Waals surface area contributed by atoms with E-state index in [-0.39, 0.29) is 10.6 Å². The predicted octanol–water partition coefficient (Wildman–Crippen LogP) is 0.144. The summed E-state index contributed by atoms with van der Waals surface area (Å²) in [7, 11) is -3.74. The highest BCUT2D eigenvalue weighted by atomic mass is 32.2. The van der Waals surface area contributed by atoms with Crippen molar-refractivity contribution in [2.24, 2.45) is 0 Å². The van der Waals surface area contributed by atoms with E-state index in [4.69, 9.17) is 10.5 Å². The Morgan fingerprint density at radius 2 is 2.12 bits per heavy atom. The molecule has 0 aromatic carbocycles. The third-order valence-corrected chi connectivity index (χ3v) is 3.21. The molecule has 0 bridgehead atoms. The number of nitrogens with one attached hydrogen (secondary N) is 1. The first-order valence-corrected chi connectivity index (χ1v) is 5.76. The summed E-state index contributed by atoms with van der Waals surface area (Å²) >= 11 is 0. The molecule has 1 aromatic rings. The molecule has 1 heterocycles. The smallest absolute Gasteiger partial charge is 0.243 e. The number of aromatic nitrogens is 1. The van der Waals surface area contributed by atoms with E-state index in [1.165, 1.54) is 19.1 Å². The molecule has 0 radical (unpaired) electrons. The lowest BCUT2D eigenvalue weighted by Crippen LogP contribution is -2.31. The van der Waals surface area contributed by atoms with Gasteiger partial charge in [-0.05, 0) is 19.1 Å². The maximum absolute atomic E-state index is 11.6. The maximum atomic E-state index is 11.6. The van der Waals surface area contributed by atoms with Crippen molar-refractivity contribution in [3.63, 3.8) is 0 Å². The second-order valence-electron chi connectivity index (χ2n) is 2.96. The standard InChI is InChI=1S/C9H8N4O2S/c1-7(4-10)13-16(14,15)9-3-2-8(5-11)12-6-9/h2-3,6-7,13H,1H3. The van der Waals surface area contributed by atoms with E-state index in [1.54, 1.807) is 12.1 Å². The third-order valence-electron chi connectivity index (χ3n) is 1.69. The number of nitriles is 2. The van der Waals surface area contributed by atoms with Crippen LogP contribution in [0.5, 0.6) is 0 Å². The number of pyridine rings is 1. The van der Waals surface area contributed by atoms with E-state index < -0.39 is 16.1 Å². The molecule has 6 nitrogen and oxygen atoms in total. The van der Waals surface area contributed by atoms with Crippen molar-refractivity contribution in [2.75, 3.05) is 0 Å². The first-order valence-electron chi connectivity index (χ1n) is 4.27. The molecule has 82 valence electrons. The summed E-state index contributed by atoms with van der Waals surface area (Å²) in [5, 5.41) is 17.0. The van der Waals surface area contributed by atoms with Gasteiger partial charge in [-0.25, -0.2) is 13.4 Å². The summed E-state index contributed by atoms with van der Waals surface area (Å²) in [6.07, 6.45) is 1.07. The summed E-state index contributed by atoms with van der Waals surface area (Å²) in [5.74, 6) is 0. The first kappa shape index (κ1) is 12.1. The Kier molecular flexibility index (Phi) is 3.56. The fraction of sp³-hybridized carbons (Fsp3) is 0.222. The van der Waals surface area contributed by atoms with Crippen molar-refractivity contribution < 1.29 is 8.42 Å². The molecule has 0 spiro atoms. The molecular formula is C9H8N4O2S. The minimum atomic E-state index is -3.74. The Morgan fingerprint density at radius 1 is 1.44 bits per heavy atom. The second kappa shape index (κ2) is 4.71. The van der Waals surface area contributed by atoms with E-state index in [2.05, 4.69) is 9.71 Å². The zero-order valence-corrected chi connectivity index (χ0v) is 9.19. The van der Waals surface area contributed by atoms with Gasteiger partial charge in [0, 0.05) is 6.20 Å². The summed E-state index contributed by atoms with van der Waals surface area (Å²) in [5.41, 5.74) is 0.132. The predicted molar refractivity (Wildman–Crippen MR) is 54.3 cm³/mol. The van der Waals surface area contributed by atoms with Crippen molar-refractivity contribution in [1.82, 2.24) is 9.71 Å². The molecule has 7 heteroatoms. The van der Waals surface area contributed by atoms with Gasteiger partial charge >= 0.3 is 0 Å². The molecule has 0 fully saturated rings. The van der Waals surface area contributed by atoms with Crippen molar-refractivity contribution in [1.29, 1.82) is 10.5 Å². The molecule has 0 aliphatic rings. The van der Waals surface area contributed by atoms with E-state index in [9.17, 15) is 8.42 Å². The number of hydrogen-bond donors (Lipinski definition) is 1. The van der Waals surface area contributed by atoms with Gasteiger partial charge in [0.25, 0.3) is 0 Å². The Hall–Kier alpha value is -1.96. The van der Waals surface area contributed by atoms with Crippen molar-refractivity contribution in [3.05, 3.63) is 24.0 Å². The van der Waals surface area contributed by atoms with E-state index >= 15 is 0 Å². The average Bonchev–Trinajstić information content (AvgIpc) is 2.28. The van der Waals surface area contributed by atoms with Crippen LogP contribution in [0.2, 0.25) is 0 Å². The molecule has 16 heavy (non-hydrogen) atoms. The van der Waals surface area contributed by atoms with Gasteiger partial charge in [0.1, 0.15) is 22.7 Å². The molecule has 1 unspecified atom stereocenters. The number of rotatable bonds is 3. The SMILES string of the molecule is CC(C#N)NS(=O)(=O)c1ccc(C#N)nc1. The molecule has 1 atom stereocenters. The Bertz CT molecular complexity index is 551. The monoisotopic (exact) mass is 236 g/mol. The van der Waals surface area contributed by atoms with Crippen LogP contribution >= 0.6 is 0 Å². The highest BCUT2D eigenvalue weighted by Gasteiger charge is 2.17. The Morgan fingerprint density at radius 3 is 2.56 bits per heavy atom. The Balaban J connectivity index is 3.01. The van der Waals surface area contributed by atoms with E-state index in [0.29, 0.717) is 0 Å². The lowest BCUT2D eigenvalue weighted by Gasteiger charge is -2.06. The number of nitrogens with zero attached hydrogens (tertiary/aromatic N) is 3. The normalized spacial score (nSPS) is 12.4. The van der Waals surface area contributed by atoms with Crippen LogP contribution in [0.3, 0.4) is 0 Å². The molecule has 0 aliphatic carbocycles. The quantitative estimate of drug-likeness (QED) is 0.803. The van der Waals surface area contributed by atoms with Crippen LogP contribution < -0.4 is 4.72 Å². The van der Waals surface area contributed by atoms with Gasteiger partial charge in [0.2, 0.25) is 10.0 Å². The lowest BCUT2D eigenvalue weighted by molar-refractivity contribution is 0.576. The van der Waals surface area contributed by atoms with Crippen molar-refractivity contribution in [2.45, 2.75) is 17.9 Å². The summed E-state index contributed by atoms with van der Waals surface area (Å²) in [6, 6.07) is 5.27. The van der Waals surface area contributed by atoms with Gasteiger partial charge in [-0.3, -0.25) is 0 Å². The summed E-state index contributed by atoms with van der Waals surface area (Å²) in [6.45, 7) is 1.43. The largest absolute Gasteiger partial charge is 0.244 e. The molecular weight excluding hydrogens is 228 g/mol. The van der Waals surface area contributed by atoms with Gasteiger partial charge < -0.3 is 0 Å². The molecule has 1 aromatic heterocycles. The van der Waals surface area contributed by atoms with Crippen LogP contribution in [-0.2, 0) is 10.0 Å². The maximum Gasteiger partial charge on any atom is 0.243 e. The van der Waals surface area contributed by atoms with Gasteiger partial charge in [-0.15, -0.1) is 0 Å². The molecule has 0 saturated carbocycles. The molecule has 0 saturated heterocycles. The molecule has 0 aliphatic heterocycles. The fourth-order valence-corrected chi connectivity index (χ4v) is 2.03.